The van der Waals surface area contributed by atoms with Gasteiger partial charge < -0.3 is 14.5 Å². The van der Waals surface area contributed by atoms with Crippen LogP contribution in [0.5, 0.6) is 0 Å². The predicted molar refractivity (Wildman–Crippen MR) is 51.2 cm³/mol. The second kappa shape index (κ2) is 3.69. The number of hydrogen-bond donors (Lipinski definition) is 1. The first kappa shape index (κ1) is 10.6. The molecule has 0 aliphatic carbocycles. The first-order valence-corrected chi connectivity index (χ1v) is 4.29. The first-order chi connectivity index (χ1) is 6.42. The van der Waals surface area contributed by atoms with Crippen molar-refractivity contribution >= 4 is 12.0 Å². The monoisotopic (exact) mass is 198 g/mol. The van der Waals surface area contributed by atoms with E-state index in [1.54, 1.807) is 27.8 Å². The number of aromatic nitrogens is 1. The molecular formula is C9H14N2O3. The summed E-state index contributed by atoms with van der Waals surface area (Å²) in [6, 6.07) is 0.297. The van der Waals surface area contributed by atoms with Gasteiger partial charge >= 0.3 is 5.97 Å². The number of esters is 1. The molecule has 0 fully saturated rings. The number of ether oxygens (including phenoxy) is 1. The zero-order valence-corrected chi connectivity index (χ0v) is 8.75. The predicted octanol–water partition coefficient (Wildman–Crippen LogP) is 1.67. The van der Waals surface area contributed by atoms with Crippen LogP contribution >= 0.6 is 0 Å². The smallest absolute Gasteiger partial charge is 0.360 e. The fraction of sp³-hybridized carbons (Fsp3) is 0.556. The highest BCUT2D eigenvalue weighted by Crippen LogP contribution is 2.13. The molecule has 0 radical (unpaired) electrons. The van der Waals surface area contributed by atoms with Gasteiger partial charge in [-0.1, -0.05) is 0 Å². The number of oxazole rings is 1. The molecule has 1 aromatic rings. The van der Waals surface area contributed by atoms with E-state index in [9.17, 15) is 4.79 Å². The molecule has 0 aliphatic rings. The standard InChI is InChI=1S/C9H14N2O3/c1-9(2,3)14-7(12)6-5-13-8(10-4)11-6/h5H,1-4H3,(H,10,11). The molecule has 0 aliphatic heterocycles. The van der Waals surface area contributed by atoms with Crippen LogP contribution < -0.4 is 5.32 Å². The van der Waals surface area contributed by atoms with E-state index in [4.69, 9.17) is 9.15 Å². The van der Waals surface area contributed by atoms with Crippen molar-refractivity contribution in [1.29, 1.82) is 0 Å². The molecule has 0 amide bonds. The normalized spacial score (nSPS) is 11.1. The molecule has 5 heteroatoms. The summed E-state index contributed by atoms with van der Waals surface area (Å²) in [5.41, 5.74) is -0.347. The van der Waals surface area contributed by atoms with Gasteiger partial charge in [-0.3, -0.25) is 0 Å². The van der Waals surface area contributed by atoms with Gasteiger partial charge in [-0.2, -0.15) is 4.98 Å². The van der Waals surface area contributed by atoms with Crippen LogP contribution in [0.2, 0.25) is 0 Å². The molecule has 14 heavy (non-hydrogen) atoms. The largest absolute Gasteiger partial charge is 0.455 e. The van der Waals surface area contributed by atoms with Crippen LogP contribution in [0.15, 0.2) is 10.7 Å². The van der Waals surface area contributed by atoms with Crippen LogP contribution in [0.4, 0.5) is 6.01 Å². The van der Waals surface area contributed by atoms with Gasteiger partial charge in [0.2, 0.25) is 0 Å². The lowest BCUT2D eigenvalue weighted by atomic mass is 10.2. The summed E-state index contributed by atoms with van der Waals surface area (Å²) in [6.07, 6.45) is 1.26. The van der Waals surface area contributed by atoms with Crippen LogP contribution in [0.3, 0.4) is 0 Å². The maximum absolute atomic E-state index is 11.4. The number of anilines is 1. The summed E-state index contributed by atoms with van der Waals surface area (Å²) in [7, 11) is 1.66. The molecule has 78 valence electrons. The third kappa shape index (κ3) is 2.76. The Morgan fingerprint density at radius 3 is 2.64 bits per heavy atom. The van der Waals surface area contributed by atoms with Gasteiger partial charge in [0.05, 0.1) is 0 Å². The zero-order valence-electron chi connectivity index (χ0n) is 8.75. The number of rotatable bonds is 2. The Balaban J connectivity index is 2.70. The zero-order chi connectivity index (χ0) is 10.8. The Bertz CT molecular complexity index is 325. The Labute approximate surface area is 82.5 Å². The van der Waals surface area contributed by atoms with Crippen LogP contribution in [-0.2, 0) is 4.74 Å². The molecule has 0 spiro atoms. The van der Waals surface area contributed by atoms with Gasteiger partial charge in [0.15, 0.2) is 5.69 Å². The lowest BCUT2D eigenvalue weighted by Gasteiger charge is -2.18. The van der Waals surface area contributed by atoms with Crippen molar-refractivity contribution in [1.82, 2.24) is 4.98 Å². The van der Waals surface area contributed by atoms with Crippen molar-refractivity contribution in [3.63, 3.8) is 0 Å². The van der Waals surface area contributed by atoms with Crippen molar-refractivity contribution in [2.45, 2.75) is 26.4 Å². The molecule has 0 aromatic carbocycles. The van der Waals surface area contributed by atoms with Gasteiger partial charge in [-0.15, -0.1) is 0 Å². The fourth-order valence-electron chi connectivity index (χ4n) is 0.813. The summed E-state index contributed by atoms with van der Waals surface area (Å²) in [6.45, 7) is 5.39. The van der Waals surface area contributed by atoms with E-state index in [0.29, 0.717) is 6.01 Å². The molecule has 1 rings (SSSR count). The van der Waals surface area contributed by atoms with Gasteiger partial charge in [-0.25, -0.2) is 4.79 Å². The minimum atomic E-state index is -0.518. The van der Waals surface area contributed by atoms with Gasteiger partial charge in [0.1, 0.15) is 11.9 Å². The minimum absolute atomic E-state index is 0.171. The Hall–Kier alpha value is -1.52. The van der Waals surface area contributed by atoms with Crippen molar-refractivity contribution in [2.75, 3.05) is 12.4 Å². The highest BCUT2D eigenvalue weighted by atomic mass is 16.6. The number of carbonyl (C=O) groups excluding carboxylic acids is 1. The van der Waals surface area contributed by atoms with E-state index in [1.807, 2.05) is 0 Å². The summed E-state index contributed by atoms with van der Waals surface area (Å²) >= 11 is 0. The van der Waals surface area contributed by atoms with Crippen LogP contribution in [0.25, 0.3) is 0 Å². The maximum atomic E-state index is 11.4. The molecular weight excluding hydrogens is 184 g/mol. The third-order valence-corrected chi connectivity index (χ3v) is 1.33. The summed E-state index contributed by atoms with van der Waals surface area (Å²) in [4.78, 5) is 15.3. The van der Waals surface area contributed by atoms with E-state index in [0.717, 1.165) is 0 Å². The molecule has 1 N–H and O–H groups in total. The van der Waals surface area contributed by atoms with Crippen molar-refractivity contribution in [2.24, 2.45) is 0 Å². The molecule has 0 saturated heterocycles. The van der Waals surface area contributed by atoms with Gasteiger partial charge in [0, 0.05) is 7.05 Å². The van der Waals surface area contributed by atoms with E-state index < -0.39 is 11.6 Å². The molecule has 1 aromatic heterocycles. The van der Waals surface area contributed by atoms with E-state index in [1.165, 1.54) is 6.26 Å². The second-order valence-corrected chi connectivity index (χ2v) is 3.79. The van der Waals surface area contributed by atoms with E-state index >= 15 is 0 Å². The van der Waals surface area contributed by atoms with Gasteiger partial charge in [0.25, 0.3) is 6.01 Å². The topological polar surface area (TPSA) is 64.4 Å². The maximum Gasteiger partial charge on any atom is 0.360 e. The van der Waals surface area contributed by atoms with E-state index in [2.05, 4.69) is 10.3 Å². The van der Waals surface area contributed by atoms with Crippen molar-refractivity contribution in [3.8, 4) is 0 Å². The fourth-order valence-corrected chi connectivity index (χ4v) is 0.813. The van der Waals surface area contributed by atoms with Gasteiger partial charge in [-0.05, 0) is 20.8 Å². The van der Waals surface area contributed by atoms with Crippen LogP contribution in [0.1, 0.15) is 31.3 Å². The third-order valence-electron chi connectivity index (χ3n) is 1.33. The number of hydrogen-bond acceptors (Lipinski definition) is 5. The van der Waals surface area contributed by atoms with Crippen LogP contribution in [0, 0.1) is 0 Å². The van der Waals surface area contributed by atoms with Crippen molar-refractivity contribution in [3.05, 3.63) is 12.0 Å². The molecule has 0 unspecified atom stereocenters. The lowest BCUT2D eigenvalue weighted by Crippen LogP contribution is -2.24. The SMILES string of the molecule is CNc1nc(C(=O)OC(C)(C)C)co1. The number of nitrogens with one attached hydrogen (secondary N) is 1. The quantitative estimate of drug-likeness (QED) is 0.732. The average Bonchev–Trinajstić information content (AvgIpc) is 2.48. The first-order valence-electron chi connectivity index (χ1n) is 4.29. The molecule has 0 atom stereocenters. The van der Waals surface area contributed by atoms with E-state index in [-0.39, 0.29) is 5.69 Å². The Kier molecular flexibility index (Phi) is 2.78. The minimum Gasteiger partial charge on any atom is -0.455 e. The summed E-state index contributed by atoms with van der Waals surface area (Å²) < 4.78 is 10.0. The van der Waals surface area contributed by atoms with Crippen molar-refractivity contribution < 1.29 is 13.9 Å². The highest BCUT2D eigenvalue weighted by Gasteiger charge is 2.20. The molecule has 0 saturated carbocycles. The second-order valence-electron chi connectivity index (χ2n) is 3.79. The molecule has 1 heterocycles. The summed E-state index contributed by atoms with van der Waals surface area (Å²) in [5.74, 6) is -0.484. The number of carbonyl (C=O) groups is 1. The Morgan fingerprint density at radius 1 is 1.57 bits per heavy atom. The molecule has 0 bridgehead atoms. The highest BCUT2D eigenvalue weighted by molar-refractivity contribution is 5.87. The molecule has 5 nitrogen and oxygen atoms in total. The van der Waals surface area contributed by atoms with Crippen LogP contribution in [-0.4, -0.2) is 23.6 Å². The lowest BCUT2D eigenvalue weighted by molar-refractivity contribution is 0.00629. The average molecular weight is 198 g/mol. The Morgan fingerprint density at radius 2 is 2.21 bits per heavy atom. The number of nitrogens with zero attached hydrogens (tertiary/aromatic N) is 1. The summed E-state index contributed by atoms with van der Waals surface area (Å²) in [5, 5.41) is 2.68.